The van der Waals surface area contributed by atoms with Crippen LogP contribution in [0.2, 0.25) is 0 Å². The van der Waals surface area contributed by atoms with Crippen LogP contribution in [0.1, 0.15) is 23.0 Å². The topological polar surface area (TPSA) is 25.8 Å². The Labute approximate surface area is 72.3 Å². The average Bonchev–Trinajstić information content (AvgIpc) is 2.35. The normalized spacial score (nSPS) is 20.0. The van der Waals surface area contributed by atoms with Crippen molar-refractivity contribution in [2.45, 2.75) is 25.7 Å². The van der Waals surface area contributed by atoms with Crippen LogP contribution in [0.15, 0.2) is 12.2 Å². The van der Waals surface area contributed by atoms with Gasteiger partial charge in [0, 0.05) is 0 Å². The Morgan fingerprint density at radius 3 is 3.36 bits per heavy atom. The fourth-order valence-electron chi connectivity index (χ4n) is 1.27. The van der Waals surface area contributed by atoms with Gasteiger partial charge in [-0.3, -0.25) is 0 Å². The molecule has 1 aromatic rings. The van der Waals surface area contributed by atoms with E-state index in [1.54, 1.807) is 0 Å². The molecule has 1 aliphatic carbocycles. The zero-order chi connectivity index (χ0) is 7.52. The first-order valence-electron chi connectivity index (χ1n) is 3.92. The van der Waals surface area contributed by atoms with E-state index < -0.39 is 0 Å². The molecule has 0 N–H and O–H groups in total. The molecule has 0 aromatic carbocycles. The van der Waals surface area contributed by atoms with Gasteiger partial charge in [0.1, 0.15) is 0 Å². The van der Waals surface area contributed by atoms with Crippen LogP contribution in [0.25, 0.3) is 0 Å². The maximum atomic E-state index is 4.16. The van der Waals surface area contributed by atoms with Crippen molar-refractivity contribution in [2.24, 2.45) is 0 Å². The minimum absolute atomic E-state index is 0.330. The molecule has 1 aliphatic rings. The SMILES string of the molecule is C1=C\Cc2[se]nnc2CCC/1. The summed E-state index contributed by atoms with van der Waals surface area (Å²) in [6.45, 7) is 0. The van der Waals surface area contributed by atoms with Gasteiger partial charge in [0.2, 0.25) is 0 Å². The number of hydrogen-bond donors (Lipinski definition) is 0. The van der Waals surface area contributed by atoms with Gasteiger partial charge in [0.25, 0.3) is 0 Å². The second-order valence-electron chi connectivity index (χ2n) is 2.71. The van der Waals surface area contributed by atoms with Crippen LogP contribution >= 0.6 is 0 Å². The van der Waals surface area contributed by atoms with Crippen molar-refractivity contribution >= 4 is 14.7 Å². The van der Waals surface area contributed by atoms with E-state index in [1.807, 2.05) is 0 Å². The van der Waals surface area contributed by atoms with E-state index in [0.717, 1.165) is 12.8 Å². The fourth-order valence-corrected chi connectivity index (χ4v) is 2.65. The first-order valence-corrected chi connectivity index (χ1v) is 5.54. The molecule has 0 saturated carbocycles. The third-order valence-corrected chi connectivity index (χ3v) is 3.54. The molecule has 0 aliphatic heterocycles. The molecule has 0 unspecified atom stereocenters. The summed E-state index contributed by atoms with van der Waals surface area (Å²) in [5.41, 5.74) is 1.29. The summed E-state index contributed by atoms with van der Waals surface area (Å²) in [7, 11) is 0. The second kappa shape index (κ2) is 3.33. The van der Waals surface area contributed by atoms with Crippen LogP contribution in [0, 0.1) is 0 Å². The molecular weight excluding hydrogens is 203 g/mol. The van der Waals surface area contributed by atoms with Gasteiger partial charge in [0.05, 0.1) is 0 Å². The van der Waals surface area contributed by atoms with Crippen LogP contribution in [0.4, 0.5) is 0 Å². The number of allylic oxidation sites excluding steroid dienone is 2. The zero-order valence-corrected chi connectivity index (χ0v) is 8.00. The number of aromatic nitrogens is 2. The number of fused-ring (bicyclic) bond motifs is 1. The summed E-state index contributed by atoms with van der Waals surface area (Å²) >= 11 is 0.330. The predicted octanol–water partition coefficient (Wildman–Crippen LogP) is 0.969. The van der Waals surface area contributed by atoms with Gasteiger partial charge in [-0.25, -0.2) is 0 Å². The first kappa shape index (κ1) is 7.26. The molecule has 0 bridgehead atoms. The minimum atomic E-state index is 0.330. The van der Waals surface area contributed by atoms with Gasteiger partial charge in [0.15, 0.2) is 0 Å². The Bertz CT molecular complexity index is 265. The number of rotatable bonds is 0. The van der Waals surface area contributed by atoms with E-state index in [1.165, 1.54) is 23.0 Å². The Morgan fingerprint density at radius 1 is 1.36 bits per heavy atom. The van der Waals surface area contributed by atoms with Crippen LogP contribution in [-0.2, 0) is 12.8 Å². The van der Waals surface area contributed by atoms with Crippen LogP contribution < -0.4 is 0 Å². The van der Waals surface area contributed by atoms with E-state index in [2.05, 4.69) is 21.3 Å². The molecule has 0 amide bonds. The summed E-state index contributed by atoms with van der Waals surface area (Å²) in [6, 6.07) is 0. The van der Waals surface area contributed by atoms with Crippen molar-refractivity contribution in [1.82, 2.24) is 9.19 Å². The second-order valence-corrected chi connectivity index (χ2v) is 4.47. The van der Waals surface area contributed by atoms with Crippen LogP contribution in [0.5, 0.6) is 0 Å². The summed E-state index contributed by atoms with van der Waals surface area (Å²) < 4.78 is 5.58. The van der Waals surface area contributed by atoms with Crippen LogP contribution in [-0.4, -0.2) is 23.9 Å². The molecule has 11 heavy (non-hydrogen) atoms. The summed E-state index contributed by atoms with van der Waals surface area (Å²) in [5.74, 6) is 0. The summed E-state index contributed by atoms with van der Waals surface area (Å²) in [6.07, 6.45) is 9.22. The summed E-state index contributed by atoms with van der Waals surface area (Å²) in [4.78, 5) is 0. The average molecular weight is 213 g/mol. The van der Waals surface area contributed by atoms with Crippen molar-refractivity contribution in [1.29, 1.82) is 0 Å². The van der Waals surface area contributed by atoms with Crippen molar-refractivity contribution in [2.75, 3.05) is 0 Å². The fraction of sp³-hybridized carbons (Fsp3) is 0.500. The molecule has 0 radical (unpaired) electrons. The molecule has 58 valence electrons. The molecule has 0 spiro atoms. The van der Waals surface area contributed by atoms with Crippen LogP contribution in [0.3, 0.4) is 0 Å². The van der Waals surface area contributed by atoms with Gasteiger partial charge < -0.3 is 0 Å². The number of nitrogens with zero attached hydrogens (tertiary/aromatic N) is 2. The number of aryl methyl sites for hydroxylation is 1. The summed E-state index contributed by atoms with van der Waals surface area (Å²) in [5, 5.41) is 4.16. The Morgan fingerprint density at radius 2 is 2.36 bits per heavy atom. The van der Waals surface area contributed by atoms with Gasteiger partial charge >= 0.3 is 71.9 Å². The first-order chi connectivity index (χ1) is 5.47. The maximum absolute atomic E-state index is 4.16. The van der Waals surface area contributed by atoms with Gasteiger partial charge in [-0.15, -0.1) is 0 Å². The van der Waals surface area contributed by atoms with Gasteiger partial charge in [-0.2, -0.15) is 0 Å². The number of hydrogen-bond acceptors (Lipinski definition) is 2. The molecular formula is C8H10N2Se. The van der Waals surface area contributed by atoms with Crippen molar-refractivity contribution in [3.8, 4) is 0 Å². The standard InChI is InChI=1S/C8H10N2Se/c1-2-4-6-8-7(5-3-1)9-10-11-8/h2,4H,1,3,5-6H2/b4-2-. The molecule has 3 heteroatoms. The van der Waals surface area contributed by atoms with E-state index >= 15 is 0 Å². The van der Waals surface area contributed by atoms with Crippen molar-refractivity contribution in [3.05, 3.63) is 22.3 Å². The molecule has 1 heterocycles. The molecule has 0 fully saturated rings. The third kappa shape index (κ3) is 1.60. The molecule has 0 saturated heterocycles. The molecule has 0 atom stereocenters. The van der Waals surface area contributed by atoms with E-state index in [-0.39, 0.29) is 0 Å². The van der Waals surface area contributed by atoms with Crippen molar-refractivity contribution < 1.29 is 0 Å². The van der Waals surface area contributed by atoms with E-state index in [9.17, 15) is 0 Å². The molecule has 2 rings (SSSR count). The quantitative estimate of drug-likeness (QED) is 0.474. The van der Waals surface area contributed by atoms with Crippen molar-refractivity contribution in [3.63, 3.8) is 0 Å². The Hall–Kier alpha value is -0.401. The Balaban J connectivity index is 2.27. The van der Waals surface area contributed by atoms with E-state index in [0.29, 0.717) is 14.7 Å². The zero-order valence-electron chi connectivity index (χ0n) is 6.29. The third-order valence-electron chi connectivity index (χ3n) is 1.89. The monoisotopic (exact) mass is 214 g/mol. The van der Waals surface area contributed by atoms with Gasteiger partial charge in [-0.1, -0.05) is 0 Å². The molecule has 1 aromatic heterocycles. The Kier molecular flexibility index (Phi) is 2.20. The predicted molar refractivity (Wildman–Crippen MR) is 44.8 cm³/mol. The van der Waals surface area contributed by atoms with Gasteiger partial charge in [-0.05, 0) is 0 Å². The molecule has 2 nitrogen and oxygen atoms in total. The van der Waals surface area contributed by atoms with E-state index in [4.69, 9.17) is 0 Å².